The number of hydroxylamine groups is 5. The first kappa shape index (κ1) is 46.7. The Balaban J connectivity index is 0. The standard InChI is InChI=1S/C8H9N3O4S.C4H5NO5S.C4H9NO4S.C2H6O4S2.C2H6/c1-16(13)15-14-11-8(12)6-4-2-3-5-7(6)9-10-11;1-11(8)10-9-5-3(6)2-4(5)7;1-4(6)5(2)8-9-10(3)7;1-5-8(4)6-7(2)3;1-2/h2-7H,1H3;2H2,1H3;1-3H3;1-2H3;1-2H3. The van der Waals surface area contributed by atoms with Gasteiger partial charge in [-0.25, -0.2) is 16.8 Å². The summed E-state index contributed by atoms with van der Waals surface area (Å²) in [6.45, 7) is 5.29. The largest absolute Gasteiger partial charge is 0.318 e. The molecule has 0 aromatic heterocycles. The maximum absolute atomic E-state index is 11.8. The van der Waals surface area contributed by atoms with Crippen molar-refractivity contribution in [3.05, 3.63) is 24.3 Å². The predicted molar refractivity (Wildman–Crippen MR) is 163 cm³/mol. The maximum atomic E-state index is 11.8. The highest BCUT2D eigenvalue weighted by Crippen LogP contribution is 2.24. The van der Waals surface area contributed by atoms with Gasteiger partial charge in [-0.05, 0) is 10.4 Å². The average molecular weight is 778 g/mol. The van der Waals surface area contributed by atoms with Crippen molar-refractivity contribution in [1.82, 2.24) is 15.3 Å². The quantitative estimate of drug-likeness (QED) is 0.105. The lowest BCUT2D eigenvalue weighted by molar-refractivity contribution is -0.352. The van der Waals surface area contributed by atoms with E-state index in [-0.39, 0.29) is 18.4 Å². The van der Waals surface area contributed by atoms with Gasteiger partial charge in [0.25, 0.3) is 17.7 Å². The Morgan fingerprint density at radius 1 is 0.851 bits per heavy atom. The van der Waals surface area contributed by atoms with E-state index in [1.54, 1.807) is 24.3 Å². The van der Waals surface area contributed by atoms with Crippen molar-refractivity contribution in [2.24, 2.45) is 16.3 Å². The number of carbonyl (C=O) groups is 4. The smallest absolute Gasteiger partial charge is 0.273 e. The van der Waals surface area contributed by atoms with E-state index in [2.05, 4.69) is 46.1 Å². The van der Waals surface area contributed by atoms with Crippen molar-refractivity contribution in [3.63, 3.8) is 0 Å². The number of nitrogens with zero attached hydrogens (tertiary/aromatic N) is 5. The molecular weight excluding hydrogens is 743 g/mol. The van der Waals surface area contributed by atoms with Crippen LogP contribution in [0, 0.1) is 5.92 Å². The van der Waals surface area contributed by atoms with E-state index < -0.39 is 79.3 Å². The molecule has 1 saturated heterocycles. The van der Waals surface area contributed by atoms with E-state index in [1.807, 2.05) is 13.8 Å². The molecule has 7 atom stereocenters. The summed E-state index contributed by atoms with van der Waals surface area (Å²) < 4.78 is 71.9. The van der Waals surface area contributed by atoms with Crippen LogP contribution in [0.25, 0.3) is 0 Å². The van der Waals surface area contributed by atoms with Gasteiger partial charge in [0.05, 0.1) is 13.0 Å². The summed E-state index contributed by atoms with van der Waals surface area (Å²) in [7, 11) is 2.55. The molecule has 2 aliphatic heterocycles. The second-order valence-corrected chi connectivity index (χ2v) is 12.3. The minimum atomic E-state index is -1.86. The summed E-state index contributed by atoms with van der Waals surface area (Å²) in [5, 5.41) is 9.20. The molecule has 0 radical (unpaired) electrons. The molecule has 7 unspecified atom stereocenters. The van der Waals surface area contributed by atoms with Crippen molar-refractivity contribution in [1.29, 1.82) is 0 Å². The third kappa shape index (κ3) is 22.0. The first-order valence-corrected chi connectivity index (χ1v) is 19.2. The van der Waals surface area contributed by atoms with Crippen molar-refractivity contribution in [2.45, 2.75) is 33.2 Å². The molecule has 0 saturated carbocycles. The van der Waals surface area contributed by atoms with E-state index in [4.69, 9.17) is 0 Å². The molecule has 2 heterocycles. The summed E-state index contributed by atoms with van der Waals surface area (Å²) in [5.74, 6) is -2.19. The normalized spacial score (nSPS) is 20.5. The Hall–Kier alpha value is -2.41. The van der Waals surface area contributed by atoms with Crippen LogP contribution in [0.15, 0.2) is 34.6 Å². The van der Waals surface area contributed by atoms with Crippen molar-refractivity contribution in [2.75, 3.05) is 39.2 Å². The molecule has 0 bridgehead atoms. The van der Waals surface area contributed by atoms with Crippen molar-refractivity contribution >= 4 is 79.3 Å². The van der Waals surface area contributed by atoms with Crippen LogP contribution in [0.5, 0.6) is 0 Å². The second kappa shape index (κ2) is 26.5. The number of allylic oxidation sites excluding steroid dienone is 2. The Kier molecular flexibility index (Phi) is 26.4. The van der Waals surface area contributed by atoms with Crippen LogP contribution in [0.1, 0.15) is 27.2 Å². The van der Waals surface area contributed by atoms with Crippen LogP contribution in [0.2, 0.25) is 0 Å². The molecule has 1 fully saturated rings. The number of carbonyl (C=O) groups excluding carboxylic acids is 4. The van der Waals surface area contributed by atoms with Crippen LogP contribution < -0.4 is 0 Å². The Morgan fingerprint density at radius 3 is 1.79 bits per heavy atom. The molecule has 0 aromatic carbocycles. The van der Waals surface area contributed by atoms with Gasteiger partial charge in [-0.2, -0.15) is 18.0 Å². The van der Waals surface area contributed by atoms with Gasteiger partial charge in [-0.3, -0.25) is 23.4 Å². The van der Waals surface area contributed by atoms with E-state index in [9.17, 15) is 40.2 Å². The summed E-state index contributed by atoms with van der Waals surface area (Å²) in [6, 6.07) is -0.301. The zero-order valence-corrected chi connectivity index (χ0v) is 30.5. The first-order valence-electron chi connectivity index (χ1n) is 12.2. The topological polar surface area (TPSA) is 262 Å². The molecule has 27 heteroatoms. The molecule has 47 heavy (non-hydrogen) atoms. The number of rotatable bonds is 12. The fraction of sp³-hybridized carbons (Fsp3) is 0.600. The highest BCUT2D eigenvalue weighted by Gasteiger charge is 2.37. The number of fused-ring (bicyclic) bond motifs is 1. The van der Waals surface area contributed by atoms with Gasteiger partial charge in [0.1, 0.15) is 12.5 Å². The van der Waals surface area contributed by atoms with Crippen LogP contribution >= 0.6 is 0 Å². The minimum absolute atomic E-state index is 0.181. The first-order chi connectivity index (χ1) is 22.0. The number of amides is 4. The Bertz CT molecular complexity index is 1240. The Morgan fingerprint density at radius 2 is 1.36 bits per heavy atom. The number of hydrogen-bond donors (Lipinski definition) is 0. The van der Waals surface area contributed by atoms with Gasteiger partial charge >= 0.3 is 11.4 Å². The zero-order valence-electron chi connectivity index (χ0n) is 26.4. The molecule has 3 aliphatic rings. The second-order valence-electron chi connectivity index (χ2n) is 7.35. The molecule has 4 amide bonds. The lowest BCUT2D eigenvalue weighted by Gasteiger charge is -2.25. The molecule has 0 aromatic rings. The minimum Gasteiger partial charge on any atom is -0.273 e. The van der Waals surface area contributed by atoms with Gasteiger partial charge in [0, 0.05) is 39.0 Å². The van der Waals surface area contributed by atoms with E-state index in [1.165, 1.54) is 46.1 Å². The van der Waals surface area contributed by atoms with Gasteiger partial charge < -0.3 is 0 Å². The number of hydrogen-bond acceptors (Lipinski definition) is 19. The van der Waals surface area contributed by atoms with Gasteiger partial charge in [-0.1, -0.05) is 53.1 Å². The monoisotopic (exact) mass is 777 g/mol. The molecule has 1 aliphatic carbocycles. The van der Waals surface area contributed by atoms with Crippen LogP contribution in [-0.2, 0) is 111 Å². The summed E-state index contributed by atoms with van der Waals surface area (Å²) in [6.07, 6.45) is 11.8. The third-order valence-corrected chi connectivity index (χ3v) is 6.21. The Labute approximate surface area is 282 Å². The summed E-state index contributed by atoms with van der Waals surface area (Å²) in [5.41, 5.74) is 0. The number of β-lactam (4-membered cyclic amide) rings is 2. The van der Waals surface area contributed by atoms with Crippen LogP contribution in [0.3, 0.4) is 0 Å². The summed E-state index contributed by atoms with van der Waals surface area (Å²) >= 11 is -8.19. The lowest BCUT2D eigenvalue weighted by atomic mass is 9.95. The van der Waals surface area contributed by atoms with Gasteiger partial charge in [0.15, 0.2) is 44.3 Å². The van der Waals surface area contributed by atoms with Crippen LogP contribution in [-0.4, -0.2) is 105 Å². The molecule has 0 spiro atoms. The maximum Gasteiger partial charge on any atom is 0.318 e. The fourth-order valence-electron chi connectivity index (χ4n) is 2.06. The highest BCUT2D eigenvalue weighted by atomic mass is 32.3. The van der Waals surface area contributed by atoms with Gasteiger partial charge in [-0.15, -0.1) is 18.1 Å². The molecule has 0 N–H and O–H groups in total. The average Bonchev–Trinajstić information content (AvgIpc) is 3.01. The van der Waals surface area contributed by atoms with E-state index >= 15 is 0 Å². The zero-order chi connectivity index (χ0) is 36.7. The predicted octanol–water partition coefficient (Wildman–Crippen LogP) is -0.465. The van der Waals surface area contributed by atoms with E-state index in [0.29, 0.717) is 10.2 Å². The molecule has 272 valence electrons. The fourth-order valence-corrected chi connectivity index (χ4v) is 3.37. The van der Waals surface area contributed by atoms with Gasteiger partial charge in [0.2, 0.25) is 5.91 Å². The number of imide groups is 1. The van der Waals surface area contributed by atoms with Crippen molar-refractivity contribution in [3.8, 4) is 0 Å². The van der Waals surface area contributed by atoms with E-state index in [0.717, 1.165) is 5.06 Å². The van der Waals surface area contributed by atoms with Crippen LogP contribution in [0.4, 0.5) is 0 Å². The molecule has 22 nitrogen and oxygen atoms in total. The third-order valence-electron chi connectivity index (χ3n) is 3.97. The SMILES string of the molecule is CC.CC(=O)N(C)OOS(C)=O.COS(=O)OS(C)=O.CS(=O)OON1C(=O)CC1=O.CS(=O)OON1N=NC2C=CC=CC2C1=O. The van der Waals surface area contributed by atoms with Crippen molar-refractivity contribution < 1.29 is 76.0 Å². The summed E-state index contributed by atoms with van der Waals surface area (Å²) in [4.78, 5) is 55.9. The highest BCUT2D eigenvalue weighted by molar-refractivity contribution is 7.90. The molecule has 3 rings (SSSR count). The molecular formula is C20H35N5O17S5. The lowest BCUT2D eigenvalue weighted by Crippen LogP contribution is -2.48.